The van der Waals surface area contributed by atoms with Crippen LogP contribution >= 0.6 is 11.3 Å². The quantitative estimate of drug-likeness (QED) is 0.674. The van der Waals surface area contributed by atoms with Crippen molar-refractivity contribution in [2.75, 3.05) is 6.61 Å². The molecule has 2 heterocycles. The minimum Gasteiger partial charge on any atom is -0.460 e. The molecule has 6 nitrogen and oxygen atoms in total. The third kappa shape index (κ3) is 3.40. The summed E-state index contributed by atoms with van der Waals surface area (Å²) in [5.74, 6) is -0.451. The number of rotatable bonds is 5. The molecule has 0 radical (unpaired) electrons. The molecule has 0 spiro atoms. The Hall–Kier alpha value is -2.67. The maximum absolute atomic E-state index is 12.0. The molecule has 0 unspecified atom stereocenters. The lowest BCUT2D eigenvalue weighted by Gasteiger charge is -2.05. The first kappa shape index (κ1) is 15.2. The minimum atomic E-state index is -0.451. The summed E-state index contributed by atoms with van der Waals surface area (Å²) in [6, 6.07) is 9.50. The van der Waals surface area contributed by atoms with Gasteiger partial charge in [-0.2, -0.15) is 5.10 Å². The molecule has 3 aromatic rings. The third-order valence-corrected chi connectivity index (χ3v) is 4.24. The number of hydrogen-bond acceptors (Lipinski definition) is 5. The molecule has 2 aromatic heterocycles. The molecule has 0 saturated carbocycles. The van der Waals surface area contributed by atoms with Gasteiger partial charge in [0.2, 0.25) is 0 Å². The molecule has 3 rings (SSSR count). The fourth-order valence-electron chi connectivity index (χ4n) is 2.14. The molecule has 118 valence electrons. The zero-order valence-corrected chi connectivity index (χ0v) is 13.3. The van der Waals surface area contributed by atoms with Crippen molar-refractivity contribution in [3.8, 4) is 5.69 Å². The third-order valence-electron chi connectivity index (χ3n) is 3.36. The number of benzene rings is 1. The molecule has 0 aliphatic heterocycles. The van der Waals surface area contributed by atoms with Crippen LogP contribution in [0, 0.1) is 6.92 Å². The van der Waals surface area contributed by atoms with Crippen LogP contribution in [-0.2, 0) is 11.3 Å². The maximum Gasteiger partial charge on any atom is 0.341 e. The highest BCUT2D eigenvalue weighted by atomic mass is 32.1. The Morgan fingerprint density at radius 1 is 1.30 bits per heavy atom. The molecule has 0 amide bonds. The van der Waals surface area contributed by atoms with Gasteiger partial charge < -0.3 is 4.74 Å². The summed E-state index contributed by atoms with van der Waals surface area (Å²) < 4.78 is 8.42. The van der Waals surface area contributed by atoms with Crippen molar-refractivity contribution in [1.29, 1.82) is 0 Å². The number of thiazole rings is 1. The second-order valence-electron chi connectivity index (χ2n) is 4.94. The zero-order chi connectivity index (χ0) is 16.2. The topological polar surface area (TPSA) is 66.1 Å². The van der Waals surface area contributed by atoms with Crippen LogP contribution in [0.5, 0.6) is 0 Å². The van der Waals surface area contributed by atoms with E-state index in [1.165, 1.54) is 6.20 Å². The van der Waals surface area contributed by atoms with Crippen molar-refractivity contribution < 1.29 is 9.53 Å². The monoisotopic (exact) mass is 329 g/mol. The Bertz CT molecular complexity index is 864. The van der Waals surface area contributed by atoms with Crippen LogP contribution in [0.15, 0.2) is 52.9 Å². The summed E-state index contributed by atoms with van der Waals surface area (Å²) in [5.41, 5.74) is 2.11. The Morgan fingerprint density at radius 3 is 2.78 bits per heavy atom. The normalized spacial score (nSPS) is 10.7. The standard InChI is InChI=1S/C16H15N3O3S/c1-12-11-23-16(21)18(12)7-8-22-15(20)13-9-17-19(10-13)14-5-3-2-4-6-14/h2-6,9-11H,7-8H2,1H3. The average molecular weight is 329 g/mol. The van der Waals surface area contributed by atoms with Crippen LogP contribution in [0.3, 0.4) is 0 Å². The van der Waals surface area contributed by atoms with Crippen LogP contribution in [0.1, 0.15) is 16.1 Å². The molecular weight excluding hydrogens is 314 g/mol. The van der Waals surface area contributed by atoms with E-state index in [4.69, 9.17) is 4.74 Å². The highest BCUT2D eigenvalue weighted by molar-refractivity contribution is 7.07. The van der Waals surface area contributed by atoms with Crippen LogP contribution in [-0.4, -0.2) is 26.9 Å². The summed E-state index contributed by atoms with van der Waals surface area (Å²) in [7, 11) is 0. The molecule has 0 fully saturated rings. The summed E-state index contributed by atoms with van der Waals surface area (Å²) in [6.07, 6.45) is 3.09. The van der Waals surface area contributed by atoms with Gasteiger partial charge in [-0.3, -0.25) is 9.36 Å². The molecule has 1 aromatic carbocycles. The fraction of sp³-hybridized carbons (Fsp3) is 0.188. The Labute approximate surface area is 136 Å². The molecule has 0 saturated heterocycles. The second-order valence-corrected chi connectivity index (χ2v) is 5.76. The number of nitrogens with zero attached hydrogens (tertiary/aromatic N) is 3. The smallest absolute Gasteiger partial charge is 0.341 e. The highest BCUT2D eigenvalue weighted by Gasteiger charge is 2.11. The number of aryl methyl sites for hydroxylation is 1. The van der Waals surface area contributed by atoms with Gasteiger partial charge in [-0.05, 0) is 19.1 Å². The second kappa shape index (κ2) is 6.62. The van der Waals surface area contributed by atoms with Crippen molar-refractivity contribution in [3.63, 3.8) is 0 Å². The fourth-order valence-corrected chi connectivity index (χ4v) is 2.90. The summed E-state index contributed by atoms with van der Waals surface area (Å²) in [6.45, 7) is 2.35. The van der Waals surface area contributed by atoms with E-state index in [0.717, 1.165) is 22.7 Å². The van der Waals surface area contributed by atoms with Gasteiger partial charge in [-0.15, -0.1) is 0 Å². The van der Waals surface area contributed by atoms with E-state index < -0.39 is 5.97 Å². The predicted octanol–water partition coefficient (Wildman–Crippen LogP) is 2.26. The molecule has 0 aliphatic rings. The van der Waals surface area contributed by atoms with Crippen LogP contribution < -0.4 is 4.87 Å². The Kier molecular flexibility index (Phi) is 4.38. The summed E-state index contributed by atoms with van der Waals surface area (Å²) >= 11 is 1.14. The van der Waals surface area contributed by atoms with Crippen molar-refractivity contribution in [3.05, 3.63) is 69.0 Å². The molecule has 0 bridgehead atoms. The van der Waals surface area contributed by atoms with E-state index in [0.29, 0.717) is 12.1 Å². The lowest BCUT2D eigenvalue weighted by Crippen LogP contribution is -2.19. The van der Waals surface area contributed by atoms with Gasteiger partial charge in [-0.25, -0.2) is 9.48 Å². The van der Waals surface area contributed by atoms with Crippen molar-refractivity contribution in [1.82, 2.24) is 14.3 Å². The lowest BCUT2D eigenvalue weighted by atomic mass is 10.3. The molecule has 0 atom stereocenters. The van der Waals surface area contributed by atoms with E-state index in [1.54, 1.807) is 20.8 Å². The Morgan fingerprint density at radius 2 is 2.09 bits per heavy atom. The number of aromatic nitrogens is 3. The van der Waals surface area contributed by atoms with E-state index in [-0.39, 0.29) is 11.5 Å². The molecule has 7 heteroatoms. The zero-order valence-electron chi connectivity index (χ0n) is 12.5. The number of ether oxygens (including phenoxy) is 1. The number of esters is 1. The average Bonchev–Trinajstić information content (AvgIpc) is 3.18. The molecule has 0 aliphatic carbocycles. The SMILES string of the molecule is Cc1csc(=O)n1CCOC(=O)c1cnn(-c2ccccc2)c1. The van der Waals surface area contributed by atoms with E-state index in [1.807, 2.05) is 37.3 Å². The van der Waals surface area contributed by atoms with Crippen LogP contribution in [0.4, 0.5) is 0 Å². The number of hydrogen-bond donors (Lipinski definition) is 0. The van der Waals surface area contributed by atoms with Crippen LogP contribution in [0.25, 0.3) is 5.69 Å². The predicted molar refractivity (Wildman–Crippen MR) is 87.2 cm³/mol. The minimum absolute atomic E-state index is 0.0459. The van der Waals surface area contributed by atoms with Crippen molar-refractivity contribution >= 4 is 17.3 Å². The van der Waals surface area contributed by atoms with E-state index in [2.05, 4.69) is 5.10 Å². The summed E-state index contributed by atoms with van der Waals surface area (Å²) in [4.78, 5) is 23.6. The largest absolute Gasteiger partial charge is 0.460 e. The first-order valence-electron chi connectivity index (χ1n) is 7.07. The first-order chi connectivity index (χ1) is 11.1. The van der Waals surface area contributed by atoms with Gasteiger partial charge >= 0.3 is 10.8 Å². The van der Waals surface area contributed by atoms with Gasteiger partial charge in [0.05, 0.1) is 24.0 Å². The number of carbonyl (C=O) groups excluding carboxylic acids is 1. The Balaban J connectivity index is 1.61. The van der Waals surface area contributed by atoms with Crippen molar-refractivity contribution in [2.24, 2.45) is 0 Å². The highest BCUT2D eigenvalue weighted by Crippen LogP contribution is 2.08. The van der Waals surface area contributed by atoms with Gasteiger partial charge in [0.25, 0.3) is 0 Å². The maximum atomic E-state index is 12.0. The molecular formula is C16H15N3O3S. The van der Waals surface area contributed by atoms with Gasteiger partial charge in [0, 0.05) is 17.3 Å². The van der Waals surface area contributed by atoms with Gasteiger partial charge in [-0.1, -0.05) is 29.5 Å². The first-order valence-corrected chi connectivity index (χ1v) is 7.95. The molecule has 0 N–H and O–H groups in total. The summed E-state index contributed by atoms with van der Waals surface area (Å²) in [5, 5.41) is 5.94. The van der Waals surface area contributed by atoms with Crippen molar-refractivity contribution in [2.45, 2.75) is 13.5 Å². The van der Waals surface area contributed by atoms with E-state index >= 15 is 0 Å². The van der Waals surface area contributed by atoms with Gasteiger partial charge in [0.15, 0.2) is 0 Å². The number of para-hydroxylation sites is 1. The van der Waals surface area contributed by atoms with E-state index in [9.17, 15) is 9.59 Å². The van der Waals surface area contributed by atoms with Crippen LogP contribution in [0.2, 0.25) is 0 Å². The number of carbonyl (C=O) groups is 1. The van der Waals surface area contributed by atoms with Gasteiger partial charge in [0.1, 0.15) is 6.61 Å². The lowest BCUT2D eigenvalue weighted by molar-refractivity contribution is 0.0490. The molecule has 23 heavy (non-hydrogen) atoms.